The first-order chi connectivity index (χ1) is 17.1. The molecule has 2 nitrogen and oxygen atoms in total. The first-order valence-corrected chi connectivity index (χ1v) is 12.3. The molecule has 0 saturated carbocycles. The number of aromatic nitrogens is 2. The largest absolute Gasteiger partial charge is 0.355 e. The molecule has 0 saturated heterocycles. The van der Waals surface area contributed by atoms with E-state index in [1.807, 2.05) is 0 Å². The predicted octanol–water partition coefficient (Wildman–Crippen LogP) is 8.93. The molecule has 2 heteroatoms. The molecule has 35 heavy (non-hydrogen) atoms. The van der Waals surface area contributed by atoms with Gasteiger partial charge < -0.3 is 9.97 Å². The van der Waals surface area contributed by atoms with E-state index in [0.29, 0.717) is 0 Å². The molecule has 2 heterocycles. The molecule has 0 bridgehead atoms. The molecule has 1 aliphatic rings. The van der Waals surface area contributed by atoms with Gasteiger partial charge >= 0.3 is 0 Å². The third-order valence-corrected chi connectivity index (χ3v) is 8.14. The third-order valence-electron chi connectivity index (χ3n) is 8.14. The van der Waals surface area contributed by atoms with Crippen molar-refractivity contribution in [2.24, 2.45) is 0 Å². The van der Waals surface area contributed by atoms with E-state index in [1.165, 1.54) is 77.0 Å². The molecule has 8 rings (SSSR count). The minimum absolute atomic E-state index is 0.0574. The van der Waals surface area contributed by atoms with Gasteiger partial charge in [0, 0.05) is 49.0 Å². The van der Waals surface area contributed by atoms with Crippen molar-refractivity contribution in [3.05, 3.63) is 108 Å². The monoisotopic (exact) mass is 448 g/mol. The lowest BCUT2D eigenvalue weighted by Gasteiger charge is -2.21. The molecule has 0 aliphatic heterocycles. The fourth-order valence-electron chi connectivity index (χ4n) is 6.39. The minimum Gasteiger partial charge on any atom is -0.355 e. The van der Waals surface area contributed by atoms with Gasteiger partial charge in [-0.15, -0.1) is 0 Å². The topological polar surface area (TPSA) is 31.6 Å². The fourth-order valence-corrected chi connectivity index (χ4v) is 6.39. The smallest absolute Gasteiger partial charge is 0.0471 e. The molecule has 0 radical (unpaired) electrons. The van der Waals surface area contributed by atoms with Gasteiger partial charge in [0.25, 0.3) is 0 Å². The summed E-state index contributed by atoms with van der Waals surface area (Å²) in [5.74, 6) is 0. The number of rotatable bonds is 1. The Morgan fingerprint density at radius 3 is 1.91 bits per heavy atom. The first kappa shape index (κ1) is 19.1. The second kappa shape index (κ2) is 6.43. The van der Waals surface area contributed by atoms with E-state index < -0.39 is 0 Å². The zero-order chi connectivity index (χ0) is 23.3. The Morgan fingerprint density at radius 2 is 1.14 bits per heavy atom. The highest BCUT2D eigenvalue weighted by Crippen LogP contribution is 2.53. The predicted molar refractivity (Wildman–Crippen MR) is 148 cm³/mol. The highest BCUT2D eigenvalue weighted by Gasteiger charge is 2.37. The molecule has 1 aliphatic carbocycles. The number of hydrogen-bond donors (Lipinski definition) is 2. The number of hydrogen-bond acceptors (Lipinski definition) is 0. The van der Waals surface area contributed by atoms with Crippen LogP contribution in [0.1, 0.15) is 25.0 Å². The highest BCUT2D eigenvalue weighted by molar-refractivity contribution is 6.11. The van der Waals surface area contributed by atoms with Crippen molar-refractivity contribution in [1.82, 2.24) is 9.97 Å². The Hall–Kier alpha value is -4.30. The van der Waals surface area contributed by atoms with Crippen molar-refractivity contribution in [1.29, 1.82) is 0 Å². The van der Waals surface area contributed by atoms with Crippen LogP contribution in [-0.2, 0) is 5.41 Å². The van der Waals surface area contributed by atoms with Crippen LogP contribution in [0.5, 0.6) is 0 Å². The molecule has 0 atom stereocenters. The van der Waals surface area contributed by atoms with E-state index in [-0.39, 0.29) is 5.41 Å². The van der Waals surface area contributed by atoms with E-state index in [0.717, 1.165) is 0 Å². The van der Waals surface area contributed by atoms with Gasteiger partial charge in [-0.3, -0.25) is 0 Å². The van der Waals surface area contributed by atoms with Crippen LogP contribution in [0.25, 0.3) is 65.9 Å². The summed E-state index contributed by atoms with van der Waals surface area (Å²) < 4.78 is 0. The maximum atomic E-state index is 3.66. The van der Waals surface area contributed by atoms with Crippen LogP contribution >= 0.6 is 0 Å². The number of benzene rings is 5. The SMILES string of the molecule is CC1(C)c2cc3c(cc2-c2c(-c4ccc5[nH]c6ccccc6c5c4)cccc21)[nH]c1ccccc13. The van der Waals surface area contributed by atoms with Crippen molar-refractivity contribution in [3.8, 4) is 22.3 Å². The molecule has 0 amide bonds. The molecule has 0 unspecified atom stereocenters. The lowest BCUT2D eigenvalue weighted by molar-refractivity contribution is 0.661. The van der Waals surface area contributed by atoms with Crippen LogP contribution in [0.2, 0.25) is 0 Å². The van der Waals surface area contributed by atoms with Crippen LogP contribution in [0.4, 0.5) is 0 Å². The maximum absolute atomic E-state index is 3.66. The third kappa shape index (κ3) is 2.44. The van der Waals surface area contributed by atoms with Gasteiger partial charge in [-0.2, -0.15) is 0 Å². The summed E-state index contributed by atoms with van der Waals surface area (Å²) in [6.45, 7) is 4.73. The molecule has 0 spiro atoms. The van der Waals surface area contributed by atoms with Gasteiger partial charge in [0.05, 0.1) is 0 Å². The van der Waals surface area contributed by atoms with Crippen molar-refractivity contribution in [3.63, 3.8) is 0 Å². The van der Waals surface area contributed by atoms with Crippen molar-refractivity contribution >= 4 is 43.6 Å². The summed E-state index contributed by atoms with van der Waals surface area (Å²) in [5.41, 5.74) is 12.8. The average molecular weight is 449 g/mol. The zero-order valence-corrected chi connectivity index (χ0v) is 19.7. The van der Waals surface area contributed by atoms with Crippen LogP contribution in [0, 0.1) is 0 Å². The van der Waals surface area contributed by atoms with E-state index in [1.54, 1.807) is 0 Å². The molecule has 166 valence electrons. The Balaban J connectivity index is 1.43. The Labute approximate surface area is 203 Å². The standard InChI is InChI=1S/C33H24N2/c1-33(2)26-11-7-10-20(19-14-15-30-23(16-19)21-8-3-5-12-28(21)34-30)32(26)25-18-31-24(17-27(25)33)22-9-4-6-13-29(22)35-31/h3-18,34-35H,1-2H3. The van der Waals surface area contributed by atoms with Crippen LogP contribution in [0.3, 0.4) is 0 Å². The summed E-state index contributed by atoms with van der Waals surface area (Å²) in [7, 11) is 0. The normalized spacial score (nSPS) is 14.2. The Bertz CT molecular complexity index is 1980. The van der Waals surface area contributed by atoms with E-state index in [4.69, 9.17) is 0 Å². The van der Waals surface area contributed by atoms with E-state index >= 15 is 0 Å². The number of H-pyrrole nitrogens is 2. The molecular formula is C33H24N2. The molecular weight excluding hydrogens is 424 g/mol. The molecule has 7 aromatic rings. The van der Waals surface area contributed by atoms with Gasteiger partial charge in [-0.1, -0.05) is 74.5 Å². The summed E-state index contributed by atoms with van der Waals surface area (Å²) in [6, 6.07) is 35.7. The summed E-state index contributed by atoms with van der Waals surface area (Å²) in [5, 5.41) is 5.15. The summed E-state index contributed by atoms with van der Waals surface area (Å²) in [6.07, 6.45) is 0. The minimum atomic E-state index is -0.0574. The molecule has 2 aromatic heterocycles. The van der Waals surface area contributed by atoms with E-state index in [9.17, 15) is 0 Å². The maximum Gasteiger partial charge on any atom is 0.0471 e. The van der Waals surface area contributed by atoms with Crippen molar-refractivity contribution in [2.75, 3.05) is 0 Å². The Morgan fingerprint density at radius 1 is 0.486 bits per heavy atom. The van der Waals surface area contributed by atoms with Gasteiger partial charge in [-0.05, 0) is 69.8 Å². The van der Waals surface area contributed by atoms with Gasteiger partial charge in [0.15, 0.2) is 0 Å². The Kier molecular flexibility index (Phi) is 3.50. The fraction of sp³-hybridized carbons (Fsp3) is 0.0909. The zero-order valence-electron chi connectivity index (χ0n) is 19.7. The van der Waals surface area contributed by atoms with Crippen LogP contribution < -0.4 is 0 Å². The average Bonchev–Trinajstić information content (AvgIpc) is 3.51. The molecule has 2 N–H and O–H groups in total. The van der Waals surface area contributed by atoms with Crippen molar-refractivity contribution < 1.29 is 0 Å². The van der Waals surface area contributed by atoms with Crippen LogP contribution in [0.15, 0.2) is 97.1 Å². The molecule has 0 fully saturated rings. The van der Waals surface area contributed by atoms with Crippen LogP contribution in [-0.4, -0.2) is 9.97 Å². The molecule has 5 aromatic carbocycles. The second-order valence-corrected chi connectivity index (χ2v) is 10.4. The lowest BCUT2D eigenvalue weighted by Crippen LogP contribution is -2.14. The lowest BCUT2D eigenvalue weighted by atomic mass is 9.81. The number of fused-ring (bicyclic) bond motifs is 9. The van der Waals surface area contributed by atoms with Crippen molar-refractivity contribution in [2.45, 2.75) is 19.3 Å². The summed E-state index contributed by atoms with van der Waals surface area (Å²) >= 11 is 0. The highest BCUT2D eigenvalue weighted by atomic mass is 14.7. The quantitative estimate of drug-likeness (QED) is 0.251. The van der Waals surface area contributed by atoms with Gasteiger partial charge in [0.2, 0.25) is 0 Å². The van der Waals surface area contributed by atoms with E-state index in [2.05, 4.69) is 121 Å². The second-order valence-electron chi connectivity index (χ2n) is 10.4. The van der Waals surface area contributed by atoms with Gasteiger partial charge in [0.1, 0.15) is 0 Å². The number of para-hydroxylation sites is 2. The number of aromatic amines is 2. The first-order valence-electron chi connectivity index (χ1n) is 12.3. The van der Waals surface area contributed by atoms with Gasteiger partial charge in [-0.25, -0.2) is 0 Å². The number of nitrogens with one attached hydrogen (secondary N) is 2. The summed E-state index contributed by atoms with van der Waals surface area (Å²) in [4.78, 5) is 7.23.